The quantitative estimate of drug-likeness (QED) is 0.813. The number of amides is 2. The van der Waals surface area contributed by atoms with Gasteiger partial charge in [0.25, 0.3) is 0 Å². The van der Waals surface area contributed by atoms with Gasteiger partial charge in [-0.25, -0.2) is 9.59 Å². The van der Waals surface area contributed by atoms with Crippen LogP contribution in [0.4, 0.5) is 10.5 Å². The molecule has 140 valence electrons. The lowest BCUT2D eigenvalue weighted by Gasteiger charge is -2.29. The number of nitrogens with one attached hydrogen (secondary N) is 2. The zero-order valence-corrected chi connectivity index (χ0v) is 15.8. The molecule has 0 saturated heterocycles. The predicted molar refractivity (Wildman–Crippen MR) is 101 cm³/mol. The third-order valence-electron chi connectivity index (χ3n) is 5.27. The van der Waals surface area contributed by atoms with E-state index in [1.54, 1.807) is 6.92 Å². The van der Waals surface area contributed by atoms with Crippen LogP contribution in [-0.4, -0.2) is 32.2 Å². The lowest BCUT2D eigenvalue weighted by molar-refractivity contribution is -0.146. The molecule has 3 rings (SSSR count). The molecule has 1 aliphatic heterocycles. The minimum absolute atomic E-state index is 0.0443. The second-order valence-corrected chi connectivity index (χ2v) is 7.41. The number of esters is 1. The van der Waals surface area contributed by atoms with Gasteiger partial charge < -0.3 is 20.3 Å². The molecule has 2 N–H and O–H groups in total. The Hall–Kier alpha value is -2.50. The second-order valence-electron chi connectivity index (χ2n) is 7.41. The fraction of sp³-hybridized carbons (Fsp3) is 0.500. The molecule has 1 heterocycles. The van der Waals surface area contributed by atoms with Crippen LogP contribution in [0.5, 0.6) is 0 Å². The summed E-state index contributed by atoms with van der Waals surface area (Å²) in [4.78, 5) is 26.9. The summed E-state index contributed by atoms with van der Waals surface area (Å²) >= 11 is 0. The number of benzene rings is 1. The van der Waals surface area contributed by atoms with Crippen molar-refractivity contribution >= 4 is 17.7 Å². The number of nitrogens with zero attached hydrogens (tertiary/aromatic N) is 1. The molecule has 1 aliphatic carbocycles. The summed E-state index contributed by atoms with van der Waals surface area (Å²) in [5, 5.41) is 5.55. The number of rotatable bonds is 4. The molecule has 0 radical (unpaired) electrons. The smallest absolute Gasteiger partial charge is 0.338 e. The number of carbonyl (C=O) groups excluding carboxylic acids is 2. The molecule has 0 unspecified atom stereocenters. The summed E-state index contributed by atoms with van der Waals surface area (Å²) in [6.07, 6.45) is 3.03. The lowest BCUT2D eigenvalue weighted by Crippen LogP contribution is -2.45. The van der Waals surface area contributed by atoms with Gasteiger partial charge in [0, 0.05) is 25.5 Å². The highest BCUT2D eigenvalue weighted by Gasteiger charge is 2.35. The molecular formula is C20H27N3O3. The van der Waals surface area contributed by atoms with Gasteiger partial charge in [0.05, 0.1) is 11.6 Å². The van der Waals surface area contributed by atoms with Crippen molar-refractivity contribution in [3.8, 4) is 0 Å². The Labute approximate surface area is 154 Å². The maximum atomic E-state index is 12.9. The summed E-state index contributed by atoms with van der Waals surface area (Å²) in [5.41, 5.74) is 2.93. The number of ether oxygens (including phenoxy) is 1. The molecule has 26 heavy (non-hydrogen) atoms. The van der Waals surface area contributed by atoms with E-state index in [0.29, 0.717) is 17.2 Å². The van der Waals surface area contributed by atoms with Crippen molar-refractivity contribution < 1.29 is 14.3 Å². The number of allylic oxidation sites excluding steroid dienone is 1. The normalized spacial score (nSPS) is 25.5. The van der Waals surface area contributed by atoms with Gasteiger partial charge in [-0.1, -0.05) is 19.1 Å². The molecule has 1 fully saturated rings. The zero-order valence-electron chi connectivity index (χ0n) is 15.8. The fourth-order valence-corrected chi connectivity index (χ4v) is 3.67. The first-order valence-electron chi connectivity index (χ1n) is 9.13. The van der Waals surface area contributed by atoms with Gasteiger partial charge in [-0.3, -0.25) is 0 Å². The molecule has 2 amide bonds. The van der Waals surface area contributed by atoms with E-state index < -0.39 is 6.04 Å². The molecule has 6 heteroatoms. The first-order valence-corrected chi connectivity index (χ1v) is 9.13. The molecule has 0 spiro atoms. The van der Waals surface area contributed by atoms with Crippen molar-refractivity contribution in [2.45, 2.75) is 45.3 Å². The largest absolute Gasteiger partial charge is 0.459 e. The van der Waals surface area contributed by atoms with Crippen LogP contribution < -0.4 is 15.5 Å². The molecule has 1 aromatic rings. The van der Waals surface area contributed by atoms with Crippen LogP contribution in [0.1, 0.15) is 44.7 Å². The van der Waals surface area contributed by atoms with Crippen molar-refractivity contribution in [3.63, 3.8) is 0 Å². The summed E-state index contributed by atoms with van der Waals surface area (Å²) in [7, 11) is 3.94. The third kappa shape index (κ3) is 3.69. The van der Waals surface area contributed by atoms with Crippen molar-refractivity contribution in [1.29, 1.82) is 0 Å². The molecule has 6 nitrogen and oxygen atoms in total. The van der Waals surface area contributed by atoms with Gasteiger partial charge in [0.1, 0.15) is 6.10 Å². The van der Waals surface area contributed by atoms with Crippen LogP contribution in [-0.2, 0) is 9.53 Å². The van der Waals surface area contributed by atoms with E-state index in [1.165, 1.54) is 0 Å². The summed E-state index contributed by atoms with van der Waals surface area (Å²) in [6, 6.07) is 7.00. The van der Waals surface area contributed by atoms with Crippen LogP contribution in [0, 0.1) is 5.92 Å². The van der Waals surface area contributed by atoms with E-state index >= 15 is 0 Å². The Kier molecular flexibility index (Phi) is 5.20. The fourth-order valence-electron chi connectivity index (χ4n) is 3.67. The van der Waals surface area contributed by atoms with Crippen LogP contribution in [0.2, 0.25) is 0 Å². The highest BCUT2D eigenvalue weighted by molar-refractivity contribution is 5.95. The van der Waals surface area contributed by atoms with Gasteiger partial charge in [0.15, 0.2) is 0 Å². The monoisotopic (exact) mass is 357 g/mol. The van der Waals surface area contributed by atoms with E-state index in [1.807, 2.05) is 43.3 Å². The van der Waals surface area contributed by atoms with Crippen molar-refractivity contribution in [2.24, 2.45) is 5.92 Å². The first-order chi connectivity index (χ1) is 12.4. The highest BCUT2D eigenvalue weighted by atomic mass is 16.5. The predicted octanol–water partition coefficient (Wildman–Crippen LogP) is 3.11. The average molecular weight is 357 g/mol. The molecule has 1 saturated carbocycles. The van der Waals surface area contributed by atoms with Crippen LogP contribution in [0.15, 0.2) is 35.5 Å². The van der Waals surface area contributed by atoms with Gasteiger partial charge >= 0.3 is 12.0 Å². The Morgan fingerprint density at radius 3 is 2.46 bits per heavy atom. The average Bonchev–Trinajstić information content (AvgIpc) is 2.99. The Morgan fingerprint density at radius 2 is 1.88 bits per heavy atom. The van der Waals surface area contributed by atoms with E-state index in [9.17, 15) is 9.59 Å². The van der Waals surface area contributed by atoms with Gasteiger partial charge in [0.2, 0.25) is 0 Å². The number of carbonyl (C=O) groups is 2. The highest BCUT2D eigenvalue weighted by Crippen LogP contribution is 2.32. The maximum absolute atomic E-state index is 12.9. The molecule has 0 aromatic heterocycles. The van der Waals surface area contributed by atoms with Gasteiger partial charge in [-0.05, 0) is 49.8 Å². The van der Waals surface area contributed by atoms with Crippen molar-refractivity contribution in [2.75, 3.05) is 19.0 Å². The van der Waals surface area contributed by atoms with E-state index in [2.05, 4.69) is 17.6 Å². The molecule has 3 atom stereocenters. The SMILES string of the molecule is CC1=C(C(=O)O[C@H]2CCC[C@@H]2C)[C@H](c2ccc(N(C)C)cc2)NC(=O)N1. The minimum atomic E-state index is -0.510. The standard InChI is InChI=1S/C20H27N3O3/c1-12-6-5-7-16(12)26-19(24)17-13(2)21-20(25)22-18(17)14-8-10-15(11-9-14)23(3)4/h8-12,16,18H,5-7H2,1-4H3,(H2,21,22,25)/t12-,16-,18-/m0/s1. The van der Waals surface area contributed by atoms with Crippen molar-refractivity contribution in [1.82, 2.24) is 10.6 Å². The third-order valence-corrected chi connectivity index (χ3v) is 5.27. The summed E-state index contributed by atoms with van der Waals surface area (Å²) in [6.45, 7) is 3.86. The topological polar surface area (TPSA) is 70.7 Å². The van der Waals surface area contributed by atoms with Crippen molar-refractivity contribution in [3.05, 3.63) is 41.1 Å². The number of hydrogen-bond acceptors (Lipinski definition) is 4. The van der Waals surface area contributed by atoms with Crippen LogP contribution >= 0.6 is 0 Å². The Morgan fingerprint density at radius 1 is 1.19 bits per heavy atom. The Balaban J connectivity index is 1.87. The van der Waals surface area contributed by atoms with Gasteiger partial charge in [-0.15, -0.1) is 0 Å². The number of urea groups is 1. The van der Waals surface area contributed by atoms with E-state index in [-0.39, 0.29) is 18.1 Å². The summed E-state index contributed by atoms with van der Waals surface area (Å²) in [5.74, 6) is 0.0271. The lowest BCUT2D eigenvalue weighted by atomic mass is 9.95. The first kappa shape index (κ1) is 18.3. The number of anilines is 1. The second kappa shape index (κ2) is 7.40. The van der Waals surface area contributed by atoms with E-state index in [0.717, 1.165) is 30.5 Å². The molecule has 0 bridgehead atoms. The van der Waals surface area contributed by atoms with Gasteiger partial charge in [-0.2, -0.15) is 0 Å². The number of hydrogen-bond donors (Lipinski definition) is 2. The maximum Gasteiger partial charge on any atom is 0.338 e. The van der Waals surface area contributed by atoms with Crippen LogP contribution in [0.3, 0.4) is 0 Å². The zero-order chi connectivity index (χ0) is 18.8. The molecular weight excluding hydrogens is 330 g/mol. The minimum Gasteiger partial charge on any atom is -0.459 e. The van der Waals surface area contributed by atoms with Crippen LogP contribution in [0.25, 0.3) is 0 Å². The Bertz CT molecular complexity index is 724. The summed E-state index contributed by atoms with van der Waals surface area (Å²) < 4.78 is 5.79. The molecule has 1 aromatic carbocycles. The van der Waals surface area contributed by atoms with E-state index in [4.69, 9.17) is 4.74 Å². The molecule has 2 aliphatic rings.